The lowest BCUT2D eigenvalue weighted by Gasteiger charge is -2.37. The Bertz CT molecular complexity index is 443. The van der Waals surface area contributed by atoms with E-state index >= 15 is 0 Å². The third-order valence-electron chi connectivity index (χ3n) is 3.14. The fourth-order valence-corrected chi connectivity index (χ4v) is 2.09. The van der Waals surface area contributed by atoms with Gasteiger partial charge in [-0.05, 0) is 18.6 Å². The van der Waals surface area contributed by atoms with Gasteiger partial charge in [-0.1, -0.05) is 0 Å². The molecule has 0 aromatic carbocycles. The van der Waals surface area contributed by atoms with Crippen molar-refractivity contribution in [3.63, 3.8) is 0 Å². The zero-order valence-corrected chi connectivity index (χ0v) is 12.3. The Hall–Kier alpha value is -1.89. The van der Waals surface area contributed by atoms with E-state index < -0.39 is 35.5 Å². The van der Waals surface area contributed by atoms with Crippen molar-refractivity contribution < 1.29 is 33.7 Å². The highest BCUT2D eigenvalue weighted by atomic mass is 16.6. The van der Waals surface area contributed by atoms with Gasteiger partial charge in [-0.15, -0.1) is 0 Å². The molecule has 0 aliphatic heterocycles. The summed E-state index contributed by atoms with van der Waals surface area (Å²) >= 11 is 0. The van der Waals surface area contributed by atoms with Crippen molar-refractivity contribution >= 4 is 17.9 Å². The molecule has 0 saturated heterocycles. The van der Waals surface area contributed by atoms with Crippen LogP contribution in [0.5, 0.6) is 0 Å². The Morgan fingerprint density at radius 2 is 1.76 bits per heavy atom. The number of aliphatic hydroxyl groups is 1. The summed E-state index contributed by atoms with van der Waals surface area (Å²) in [6.45, 7) is 3.47. The van der Waals surface area contributed by atoms with Gasteiger partial charge in [-0.25, -0.2) is 0 Å². The molecule has 118 valence electrons. The van der Waals surface area contributed by atoms with E-state index in [1.807, 2.05) is 0 Å². The fourth-order valence-electron chi connectivity index (χ4n) is 2.09. The molecule has 7 nitrogen and oxygen atoms in total. The Morgan fingerprint density at radius 3 is 2.29 bits per heavy atom. The third-order valence-corrected chi connectivity index (χ3v) is 3.14. The Labute approximate surface area is 122 Å². The van der Waals surface area contributed by atoms with Crippen LogP contribution in [0.1, 0.15) is 27.2 Å². The second-order valence-electron chi connectivity index (χ2n) is 5.01. The van der Waals surface area contributed by atoms with Crippen LogP contribution in [-0.4, -0.2) is 47.9 Å². The van der Waals surface area contributed by atoms with E-state index in [4.69, 9.17) is 14.2 Å². The Balaban J connectivity index is 2.82. The molecule has 1 aliphatic rings. The molecule has 0 aromatic rings. The zero-order chi connectivity index (χ0) is 16.0. The number of esters is 3. The Kier molecular flexibility index (Phi) is 5.90. The molecule has 0 spiro atoms. The summed E-state index contributed by atoms with van der Waals surface area (Å²) < 4.78 is 14.8. The summed E-state index contributed by atoms with van der Waals surface area (Å²) in [5.74, 6) is -2.00. The molecule has 0 radical (unpaired) electrons. The predicted molar refractivity (Wildman–Crippen MR) is 71.0 cm³/mol. The monoisotopic (exact) mass is 300 g/mol. The molecular formula is C14H20O7. The molecule has 0 bridgehead atoms. The molecule has 0 unspecified atom stereocenters. The maximum atomic E-state index is 11.0. The largest absolute Gasteiger partial charge is 0.465 e. The molecule has 7 heteroatoms. The van der Waals surface area contributed by atoms with Gasteiger partial charge in [0.05, 0.1) is 6.61 Å². The number of carbonyl (C=O) groups excluding carboxylic acids is 3. The first kappa shape index (κ1) is 17.2. The molecule has 0 amide bonds. The first-order chi connectivity index (χ1) is 9.73. The Morgan fingerprint density at radius 1 is 1.14 bits per heavy atom. The lowest BCUT2D eigenvalue weighted by Crippen LogP contribution is -2.48. The topological polar surface area (TPSA) is 99.1 Å². The van der Waals surface area contributed by atoms with Crippen molar-refractivity contribution in [1.82, 2.24) is 0 Å². The van der Waals surface area contributed by atoms with Crippen LogP contribution in [0.2, 0.25) is 0 Å². The van der Waals surface area contributed by atoms with Crippen molar-refractivity contribution in [1.29, 1.82) is 0 Å². The summed E-state index contributed by atoms with van der Waals surface area (Å²) in [5.41, 5.74) is -1.46. The summed E-state index contributed by atoms with van der Waals surface area (Å²) in [6.07, 6.45) is 2.71. The molecule has 0 fully saturated rings. The van der Waals surface area contributed by atoms with Crippen LogP contribution in [0.25, 0.3) is 0 Å². The molecule has 1 N–H and O–H groups in total. The van der Waals surface area contributed by atoms with Crippen molar-refractivity contribution in [2.45, 2.75) is 38.9 Å². The summed E-state index contributed by atoms with van der Waals surface area (Å²) in [4.78, 5) is 32.8. The molecule has 0 aromatic heterocycles. The lowest BCUT2D eigenvalue weighted by atomic mass is 9.79. The second-order valence-corrected chi connectivity index (χ2v) is 5.01. The molecule has 1 aliphatic carbocycles. The smallest absolute Gasteiger partial charge is 0.303 e. The molecule has 3 atom stereocenters. The standard InChI is InChI=1S/C14H20O7/c1-9(15)19-7-12-6-13(21-11(3)17)4-5-14(12,18)8-20-10(2)16/h4-5,12-13,18H,6-8H2,1-3H3/t12-,13-,14-/m1/s1. The average Bonchev–Trinajstić information content (AvgIpc) is 2.36. The molecule has 21 heavy (non-hydrogen) atoms. The van der Waals surface area contributed by atoms with Gasteiger partial charge in [0.2, 0.25) is 0 Å². The number of hydrogen-bond acceptors (Lipinski definition) is 7. The van der Waals surface area contributed by atoms with Crippen molar-refractivity contribution in [2.24, 2.45) is 5.92 Å². The van der Waals surface area contributed by atoms with Crippen LogP contribution in [0.4, 0.5) is 0 Å². The van der Waals surface area contributed by atoms with Crippen molar-refractivity contribution in [2.75, 3.05) is 13.2 Å². The van der Waals surface area contributed by atoms with E-state index in [0.29, 0.717) is 0 Å². The lowest BCUT2D eigenvalue weighted by molar-refractivity contribution is -0.159. The number of rotatable bonds is 5. The van der Waals surface area contributed by atoms with Gasteiger partial charge in [0.15, 0.2) is 0 Å². The molecule has 1 rings (SSSR count). The minimum Gasteiger partial charge on any atom is -0.465 e. The summed E-state index contributed by atoms with van der Waals surface area (Å²) in [7, 11) is 0. The van der Waals surface area contributed by atoms with Crippen LogP contribution in [0.15, 0.2) is 12.2 Å². The minimum absolute atomic E-state index is 0.0603. The minimum atomic E-state index is -1.46. The maximum Gasteiger partial charge on any atom is 0.303 e. The van der Waals surface area contributed by atoms with E-state index in [0.717, 1.165) is 0 Å². The number of ether oxygens (including phenoxy) is 3. The highest BCUT2D eigenvalue weighted by molar-refractivity contribution is 5.67. The molecule has 0 saturated carbocycles. The highest BCUT2D eigenvalue weighted by Gasteiger charge is 2.41. The van der Waals surface area contributed by atoms with Crippen LogP contribution < -0.4 is 0 Å². The first-order valence-corrected chi connectivity index (χ1v) is 6.58. The van der Waals surface area contributed by atoms with Gasteiger partial charge in [0.1, 0.15) is 18.3 Å². The SMILES string of the molecule is CC(=O)OC[C@H]1C[C@H](OC(C)=O)C=C[C@@]1(O)COC(C)=O. The van der Waals surface area contributed by atoms with Crippen molar-refractivity contribution in [3.8, 4) is 0 Å². The third kappa shape index (κ3) is 5.55. The predicted octanol–water partition coefficient (Wildman–Crippen LogP) is 0.351. The zero-order valence-electron chi connectivity index (χ0n) is 12.3. The van der Waals surface area contributed by atoms with E-state index in [-0.39, 0.29) is 19.6 Å². The van der Waals surface area contributed by atoms with Crippen LogP contribution in [0.3, 0.4) is 0 Å². The van der Waals surface area contributed by atoms with E-state index in [1.54, 1.807) is 0 Å². The second kappa shape index (κ2) is 7.21. The van der Waals surface area contributed by atoms with Gasteiger partial charge in [0.25, 0.3) is 0 Å². The highest BCUT2D eigenvalue weighted by Crippen LogP contribution is 2.31. The van der Waals surface area contributed by atoms with E-state index in [1.165, 1.54) is 32.9 Å². The average molecular weight is 300 g/mol. The van der Waals surface area contributed by atoms with Gasteiger partial charge < -0.3 is 19.3 Å². The van der Waals surface area contributed by atoms with Crippen LogP contribution >= 0.6 is 0 Å². The van der Waals surface area contributed by atoms with Gasteiger partial charge in [0, 0.05) is 26.7 Å². The first-order valence-electron chi connectivity index (χ1n) is 6.58. The van der Waals surface area contributed by atoms with Gasteiger partial charge in [-0.2, -0.15) is 0 Å². The molecule has 0 heterocycles. The van der Waals surface area contributed by atoms with E-state index in [9.17, 15) is 19.5 Å². The van der Waals surface area contributed by atoms with Gasteiger partial charge in [-0.3, -0.25) is 14.4 Å². The van der Waals surface area contributed by atoms with E-state index in [2.05, 4.69) is 0 Å². The maximum absolute atomic E-state index is 11.0. The quantitative estimate of drug-likeness (QED) is 0.444. The van der Waals surface area contributed by atoms with Crippen molar-refractivity contribution in [3.05, 3.63) is 12.2 Å². The van der Waals surface area contributed by atoms with Crippen LogP contribution in [0, 0.1) is 5.92 Å². The summed E-state index contributed by atoms with van der Waals surface area (Å²) in [6, 6.07) is 0. The van der Waals surface area contributed by atoms with Crippen LogP contribution in [-0.2, 0) is 28.6 Å². The molecular weight excluding hydrogens is 280 g/mol. The number of carbonyl (C=O) groups is 3. The van der Waals surface area contributed by atoms with Gasteiger partial charge >= 0.3 is 17.9 Å². The summed E-state index contributed by atoms with van der Waals surface area (Å²) in [5, 5.41) is 10.5. The fraction of sp³-hybridized carbons (Fsp3) is 0.643. The number of hydrogen-bond donors (Lipinski definition) is 1. The normalized spacial score (nSPS) is 27.8.